The van der Waals surface area contributed by atoms with Crippen LogP contribution in [0.4, 0.5) is 4.39 Å². The van der Waals surface area contributed by atoms with Crippen LogP contribution in [0.15, 0.2) is 24.3 Å². The summed E-state index contributed by atoms with van der Waals surface area (Å²) < 4.78 is 14.1. The van der Waals surface area contributed by atoms with Gasteiger partial charge in [-0.1, -0.05) is 31.4 Å². The Morgan fingerprint density at radius 1 is 1.07 bits per heavy atom. The molecule has 0 spiro atoms. The molecule has 1 unspecified atom stereocenters. The Hall–Kier alpha value is -1.05. The number of aromatic hydroxyl groups is 1. The van der Waals surface area contributed by atoms with Crippen molar-refractivity contribution in [2.24, 2.45) is 5.92 Å². The van der Waals surface area contributed by atoms with Gasteiger partial charge in [0, 0.05) is 0 Å². The Labute approximate surface area is 89.9 Å². The second kappa shape index (κ2) is 4.65. The minimum atomic E-state index is -0.856. The summed E-state index contributed by atoms with van der Waals surface area (Å²) in [4.78, 5) is 0. The normalized spacial score (nSPS) is 20.1. The molecule has 1 aromatic rings. The minimum absolute atomic E-state index is 0.184. The molecule has 1 aliphatic carbocycles. The van der Waals surface area contributed by atoms with E-state index in [2.05, 4.69) is 0 Å². The van der Waals surface area contributed by atoms with E-state index in [1.165, 1.54) is 6.42 Å². The molecular formula is C13H17FO. The van der Waals surface area contributed by atoms with Crippen molar-refractivity contribution < 1.29 is 9.50 Å². The van der Waals surface area contributed by atoms with Gasteiger partial charge in [0.1, 0.15) is 11.9 Å². The predicted molar refractivity (Wildman–Crippen MR) is 58.5 cm³/mol. The molecule has 0 bridgehead atoms. The highest BCUT2D eigenvalue weighted by Gasteiger charge is 2.24. The average molecular weight is 208 g/mol. The summed E-state index contributed by atoms with van der Waals surface area (Å²) in [6, 6.07) is 6.50. The summed E-state index contributed by atoms with van der Waals surface area (Å²) in [6.07, 6.45) is 4.71. The van der Waals surface area contributed by atoms with Crippen LogP contribution in [0, 0.1) is 5.92 Å². The van der Waals surface area contributed by atoms with Crippen LogP contribution in [0.1, 0.15) is 43.8 Å². The highest BCUT2D eigenvalue weighted by Crippen LogP contribution is 2.37. The zero-order chi connectivity index (χ0) is 10.7. The molecule has 0 heterocycles. The molecular weight excluding hydrogens is 191 g/mol. The van der Waals surface area contributed by atoms with Gasteiger partial charge in [-0.2, -0.15) is 0 Å². The lowest BCUT2D eigenvalue weighted by atomic mass is 9.83. The van der Waals surface area contributed by atoms with Gasteiger partial charge in [0.15, 0.2) is 0 Å². The molecule has 1 atom stereocenters. The van der Waals surface area contributed by atoms with Crippen molar-refractivity contribution >= 4 is 0 Å². The van der Waals surface area contributed by atoms with E-state index in [0.29, 0.717) is 5.56 Å². The molecule has 1 saturated carbocycles. The first-order valence-electron chi connectivity index (χ1n) is 5.70. The van der Waals surface area contributed by atoms with Crippen molar-refractivity contribution in [1.82, 2.24) is 0 Å². The van der Waals surface area contributed by atoms with E-state index in [9.17, 15) is 4.39 Å². The molecule has 1 fully saturated rings. The van der Waals surface area contributed by atoms with Crippen LogP contribution in [0.2, 0.25) is 0 Å². The molecule has 1 N–H and O–H groups in total. The number of hydrogen-bond donors (Lipinski definition) is 1. The Morgan fingerprint density at radius 3 is 2.27 bits per heavy atom. The van der Waals surface area contributed by atoms with E-state index >= 15 is 0 Å². The number of hydrogen-bond acceptors (Lipinski definition) is 1. The molecule has 1 aromatic carbocycles. The van der Waals surface area contributed by atoms with Crippen molar-refractivity contribution in [3.05, 3.63) is 29.8 Å². The van der Waals surface area contributed by atoms with Crippen LogP contribution in [0.25, 0.3) is 0 Å². The quantitative estimate of drug-likeness (QED) is 0.779. The van der Waals surface area contributed by atoms with Gasteiger partial charge in [0.2, 0.25) is 0 Å². The lowest BCUT2D eigenvalue weighted by molar-refractivity contribution is 0.183. The van der Waals surface area contributed by atoms with Gasteiger partial charge in [0.25, 0.3) is 0 Å². The Balaban J connectivity index is 2.05. The number of phenolic OH excluding ortho intramolecular Hbond substituents is 1. The molecule has 2 heteroatoms. The molecule has 1 nitrogen and oxygen atoms in total. The van der Waals surface area contributed by atoms with Crippen molar-refractivity contribution in [2.45, 2.75) is 38.3 Å². The maximum absolute atomic E-state index is 14.1. The predicted octanol–water partition coefficient (Wildman–Crippen LogP) is 3.98. The van der Waals surface area contributed by atoms with Gasteiger partial charge < -0.3 is 5.11 Å². The SMILES string of the molecule is Oc1ccc(C(F)C2CCCCC2)cc1. The summed E-state index contributed by atoms with van der Waals surface area (Å²) in [5.41, 5.74) is 0.708. The zero-order valence-corrected chi connectivity index (χ0v) is 8.82. The highest BCUT2D eigenvalue weighted by atomic mass is 19.1. The van der Waals surface area contributed by atoms with Crippen molar-refractivity contribution in [1.29, 1.82) is 0 Å². The van der Waals surface area contributed by atoms with Crippen LogP contribution in [0.5, 0.6) is 5.75 Å². The van der Waals surface area contributed by atoms with Crippen LogP contribution in [-0.4, -0.2) is 5.11 Å². The maximum atomic E-state index is 14.1. The first kappa shape index (κ1) is 10.5. The Kier molecular flexibility index (Phi) is 3.24. The molecule has 0 aromatic heterocycles. The number of alkyl halides is 1. The molecule has 0 radical (unpaired) electrons. The van der Waals surface area contributed by atoms with Crippen LogP contribution < -0.4 is 0 Å². The topological polar surface area (TPSA) is 20.2 Å². The van der Waals surface area contributed by atoms with Crippen LogP contribution >= 0.6 is 0 Å². The number of benzene rings is 1. The molecule has 0 amide bonds. The largest absolute Gasteiger partial charge is 0.508 e. The summed E-state index contributed by atoms with van der Waals surface area (Å²) in [5, 5.41) is 9.13. The van der Waals surface area contributed by atoms with Crippen molar-refractivity contribution in [3.63, 3.8) is 0 Å². The number of halogens is 1. The Morgan fingerprint density at radius 2 is 1.67 bits per heavy atom. The Bertz CT molecular complexity index is 301. The van der Waals surface area contributed by atoms with E-state index < -0.39 is 6.17 Å². The standard InChI is InChI=1S/C13H17FO/c14-13(10-4-2-1-3-5-10)11-6-8-12(15)9-7-11/h6-10,13,15H,1-5H2. The molecule has 0 saturated heterocycles. The monoisotopic (exact) mass is 208 g/mol. The zero-order valence-electron chi connectivity index (χ0n) is 8.82. The van der Waals surface area contributed by atoms with E-state index in [-0.39, 0.29) is 11.7 Å². The third kappa shape index (κ3) is 2.49. The fourth-order valence-corrected chi connectivity index (χ4v) is 2.36. The molecule has 0 aliphatic heterocycles. The maximum Gasteiger partial charge on any atom is 0.128 e. The number of phenols is 1. The molecule has 15 heavy (non-hydrogen) atoms. The summed E-state index contributed by atoms with van der Waals surface area (Å²) >= 11 is 0. The molecule has 82 valence electrons. The van der Waals surface area contributed by atoms with Gasteiger partial charge in [-0.3, -0.25) is 0 Å². The summed E-state index contributed by atoms with van der Waals surface area (Å²) in [7, 11) is 0. The lowest BCUT2D eigenvalue weighted by Crippen LogP contribution is -2.12. The van der Waals surface area contributed by atoms with Crippen molar-refractivity contribution in [2.75, 3.05) is 0 Å². The lowest BCUT2D eigenvalue weighted by Gasteiger charge is -2.25. The number of rotatable bonds is 2. The van der Waals surface area contributed by atoms with Gasteiger partial charge in [-0.25, -0.2) is 4.39 Å². The van der Waals surface area contributed by atoms with Crippen LogP contribution in [0.3, 0.4) is 0 Å². The van der Waals surface area contributed by atoms with E-state index in [1.807, 2.05) is 0 Å². The second-order valence-corrected chi connectivity index (χ2v) is 4.39. The minimum Gasteiger partial charge on any atom is -0.508 e. The molecule has 2 rings (SSSR count). The van der Waals surface area contributed by atoms with Gasteiger partial charge >= 0.3 is 0 Å². The highest BCUT2D eigenvalue weighted by molar-refractivity contribution is 5.27. The summed E-state index contributed by atoms with van der Waals surface area (Å²) in [6.45, 7) is 0. The third-order valence-electron chi connectivity index (χ3n) is 3.28. The van der Waals surface area contributed by atoms with Gasteiger partial charge in [0.05, 0.1) is 0 Å². The average Bonchev–Trinajstić information content (AvgIpc) is 2.30. The first-order chi connectivity index (χ1) is 7.27. The fourth-order valence-electron chi connectivity index (χ4n) is 2.36. The fraction of sp³-hybridized carbons (Fsp3) is 0.538. The third-order valence-corrected chi connectivity index (χ3v) is 3.28. The summed E-state index contributed by atoms with van der Waals surface area (Å²) in [5.74, 6) is 0.387. The van der Waals surface area contributed by atoms with E-state index in [4.69, 9.17) is 5.11 Å². The smallest absolute Gasteiger partial charge is 0.128 e. The van der Waals surface area contributed by atoms with Gasteiger partial charge in [-0.05, 0) is 36.5 Å². The molecule has 1 aliphatic rings. The van der Waals surface area contributed by atoms with Crippen LogP contribution in [-0.2, 0) is 0 Å². The first-order valence-corrected chi connectivity index (χ1v) is 5.70. The second-order valence-electron chi connectivity index (χ2n) is 4.39. The van der Waals surface area contributed by atoms with Gasteiger partial charge in [-0.15, -0.1) is 0 Å². The van der Waals surface area contributed by atoms with E-state index in [0.717, 1.165) is 25.7 Å². The van der Waals surface area contributed by atoms with Crippen molar-refractivity contribution in [3.8, 4) is 5.75 Å². The van der Waals surface area contributed by atoms with E-state index in [1.54, 1.807) is 24.3 Å².